The van der Waals surface area contributed by atoms with Crippen molar-refractivity contribution in [2.45, 2.75) is 6.92 Å². The lowest BCUT2D eigenvalue weighted by atomic mass is 10.3. The molecular formula is C10H14N4O. The van der Waals surface area contributed by atoms with Gasteiger partial charge in [-0.25, -0.2) is 10.8 Å². The second-order valence-corrected chi connectivity index (χ2v) is 2.93. The first-order valence-electron chi connectivity index (χ1n) is 4.57. The number of carbonyl (C=O) groups is 1. The molecule has 1 amide bonds. The van der Waals surface area contributed by atoms with Crippen molar-refractivity contribution in [2.24, 2.45) is 5.84 Å². The van der Waals surface area contributed by atoms with Crippen LogP contribution in [0.25, 0.3) is 6.08 Å². The number of nitrogens with one attached hydrogen (secondary N) is 2. The second-order valence-electron chi connectivity index (χ2n) is 2.93. The van der Waals surface area contributed by atoms with Crippen molar-refractivity contribution >= 4 is 17.8 Å². The average Bonchev–Trinajstić information content (AvgIpc) is 2.24. The van der Waals surface area contributed by atoms with Crippen LogP contribution >= 0.6 is 0 Å². The Morgan fingerprint density at radius 1 is 1.60 bits per heavy atom. The van der Waals surface area contributed by atoms with E-state index < -0.39 is 0 Å². The molecule has 0 radical (unpaired) electrons. The molecule has 0 saturated carbocycles. The van der Waals surface area contributed by atoms with Gasteiger partial charge in [-0.2, -0.15) is 0 Å². The Bertz CT molecular complexity index is 362. The van der Waals surface area contributed by atoms with Crippen molar-refractivity contribution in [3.05, 3.63) is 30.0 Å². The molecule has 15 heavy (non-hydrogen) atoms. The van der Waals surface area contributed by atoms with E-state index in [0.29, 0.717) is 12.4 Å². The van der Waals surface area contributed by atoms with Crippen molar-refractivity contribution in [2.75, 3.05) is 12.0 Å². The van der Waals surface area contributed by atoms with Crippen LogP contribution in [0.5, 0.6) is 0 Å². The molecule has 1 aromatic rings. The Balaban J connectivity index is 2.52. The molecule has 5 heteroatoms. The third kappa shape index (κ3) is 4.24. The van der Waals surface area contributed by atoms with Gasteiger partial charge in [0, 0.05) is 13.5 Å². The lowest BCUT2D eigenvalue weighted by Gasteiger charge is -1.99. The van der Waals surface area contributed by atoms with Crippen LogP contribution in [0.2, 0.25) is 0 Å². The number of rotatable bonds is 4. The molecule has 0 spiro atoms. The van der Waals surface area contributed by atoms with Gasteiger partial charge in [0.1, 0.15) is 5.82 Å². The van der Waals surface area contributed by atoms with Crippen LogP contribution in [0.15, 0.2) is 24.3 Å². The minimum Gasteiger partial charge on any atom is -0.353 e. The Hall–Kier alpha value is -1.88. The number of hydrazine groups is 1. The summed E-state index contributed by atoms with van der Waals surface area (Å²) in [6.45, 7) is 1.97. The van der Waals surface area contributed by atoms with E-state index >= 15 is 0 Å². The molecule has 0 aliphatic rings. The molecule has 0 aliphatic heterocycles. The first-order valence-corrected chi connectivity index (χ1v) is 4.57. The van der Waals surface area contributed by atoms with Gasteiger partial charge in [0.25, 0.3) is 0 Å². The zero-order valence-corrected chi connectivity index (χ0v) is 8.53. The SMILES string of the molecule is CC(=O)NCC=Cc1cccc(NN)n1. The predicted molar refractivity (Wildman–Crippen MR) is 59.8 cm³/mol. The van der Waals surface area contributed by atoms with Crippen LogP contribution < -0.4 is 16.6 Å². The van der Waals surface area contributed by atoms with Crippen LogP contribution in [-0.2, 0) is 4.79 Å². The summed E-state index contributed by atoms with van der Waals surface area (Å²) >= 11 is 0. The number of hydrogen-bond acceptors (Lipinski definition) is 4. The van der Waals surface area contributed by atoms with Crippen molar-refractivity contribution in [3.8, 4) is 0 Å². The topological polar surface area (TPSA) is 80.0 Å². The normalized spacial score (nSPS) is 10.3. The number of hydrogen-bond donors (Lipinski definition) is 3. The highest BCUT2D eigenvalue weighted by Crippen LogP contribution is 2.04. The predicted octanol–water partition coefficient (Wildman–Crippen LogP) is 0.516. The lowest BCUT2D eigenvalue weighted by molar-refractivity contribution is -0.118. The quantitative estimate of drug-likeness (QED) is 0.495. The molecule has 0 aromatic carbocycles. The van der Waals surface area contributed by atoms with Crippen LogP contribution in [0, 0.1) is 0 Å². The van der Waals surface area contributed by atoms with E-state index in [1.165, 1.54) is 6.92 Å². The average molecular weight is 206 g/mol. The van der Waals surface area contributed by atoms with Gasteiger partial charge in [-0.05, 0) is 18.2 Å². The maximum Gasteiger partial charge on any atom is 0.217 e. The molecule has 5 nitrogen and oxygen atoms in total. The van der Waals surface area contributed by atoms with Crippen molar-refractivity contribution in [1.82, 2.24) is 10.3 Å². The van der Waals surface area contributed by atoms with Crippen LogP contribution in [0.4, 0.5) is 5.82 Å². The molecule has 1 aromatic heterocycles. The molecule has 0 unspecified atom stereocenters. The molecule has 1 heterocycles. The zero-order valence-electron chi connectivity index (χ0n) is 8.53. The Kier molecular flexibility index (Phi) is 4.30. The monoisotopic (exact) mass is 206 g/mol. The standard InChI is InChI=1S/C10H14N4O/c1-8(15)12-7-3-5-9-4-2-6-10(13-9)14-11/h2-6H,7,11H2,1H3,(H,12,15)(H,13,14). The number of carbonyl (C=O) groups excluding carboxylic acids is 1. The fourth-order valence-corrected chi connectivity index (χ4v) is 1.01. The Labute approximate surface area is 88.4 Å². The first-order chi connectivity index (χ1) is 7.22. The summed E-state index contributed by atoms with van der Waals surface area (Å²) in [5.41, 5.74) is 3.25. The highest BCUT2D eigenvalue weighted by molar-refractivity contribution is 5.73. The first kappa shape index (κ1) is 11.2. The van der Waals surface area contributed by atoms with Gasteiger partial charge in [-0.3, -0.25) is 4.79 Å². The maximum absolute atomic E-state index is 10.6. The molecule has 0 bridgehead atoms. The van der Waals surface area contributed by atoms with E-state index in [1.54, 1.807) is 6.07 Å². The van der Waals surface area contributed by atoms with Gasteiger partial charge in [0.2, 0.25) is 5.91 Å². The van der Waals surface area contributed by atoms with E-state index in [0.717, 1.165) is 5.69 Å². The third-order valence-electron chi connectivity index (χ3n) is 1.68. The van der Waals surface area contributed by atoms with Gasteiger partial charge >= 0.3 is 0 Å². The smallest absolute Gasteiger partial charge is 0.217 e. The van der Waals surface area contributed by atoms with Crippen LogP contribution in [0.1, 0.15) is 12.6 Å². The van der Waals surface area contributed by atoms with Crippen molar-refractivity contribution in [1.29, 1.82) is 0 Å². The fraction of sp³-hybridized carbons (Fsp3) is 0.200. The number of anilines is 1. The number of nitrogens with two attached hydrogens (primary N) is 1. The summed E-state index contributed by atoms with van der Waals surface area (Å²) in [4.78, 5) is 14.7. The number of pyridine rings is 1. The summed E-state index contributed by atoms with van der Waals surface area (Å²) in [6.07, 6.45) is 3.64. The van der Waals surface area contributed by atoms with Crippen LogP contribution in [0.3, 0.4) is 0 Å². The zero-order chi connectivity index (χ0) is 11.1. The van der Waals surface area contributed by atoms with E-state index in [9.17, 15) is 4.79 Å². The Morgan fingerprint density at radius 2 is 2.40 bits per heavy atom. The fourth-order valence-electron chi connectivity index (χ4n) is 1.01. The molecule has 80 valence electrons. The van der Waals surface area contributed by atoms with E-state index in [4.69, 9.17) is 5.84 Å². The summed E-state index contributed by atoms with van der Waals surface area (Å²) in [5, 5.41) is 2.65. The lowest BCUT2D eigenvalue weighted by Crippen LogP contribution is -2.19. The Morgan fingerprint density at radius 3 is 3.07 bits per heavy atom. The highest BCUT2D eigenvalue weighted by atomic mass is 16.1. The molecule has 0 atom stereocenters. The largest absolute Gasteiger partial charge is 0.353 e. The summed E-state index contributed by atoms with van der Waals surface area (Å²) < 4.78 is 0. The maximum atomic E-state index is 10.6. The molecule has 1 rings (SSSR count). The summed E-state index contributed by atoms with van der Waals surface area (Å²) in [6, 6.07) is 5.47. The minimum atomic E-state index is -0.0509. The van der Waals surface area contributed by atoms with Gasteiger partial charge in [-0.1, -0.05) is 12.1 Å². The second kappa shape index (κ2) is 5.77. The minimum absolute atomic E-state index is 0.0509. The van der Waals surface area contributed by atoms with Gasteiger partial charge in [-0.15, -0.1) is 0 Å². The van der Waals surface area contributed by atoms with Gasteiger partial charge in [0.05, 0.1) is 5.69 Å². The molecule has 4 N–H and O–H groups in total. The van der Waals surface area contributed by atoms with Crippen molar-refractivity contribution in [3.63, 3.8) is 0 Å². The molecular weight excluding hydrogens is 192 g/mol. The number of nitrogens with zero attached hydrogens (tertiary/aromatic N) is 1. The van der Waals surface area contributed by atoms with Gasteiger partial charge in [0.15, 0.2) is 0 Å². The number of aromatic nitrogens is 1. The molecule has 0 fully saturated rings. The van der Waals surface area contributed by atoms with Gasteiger partial charge < -0.3 is 10.7 Å². The third-order valence-corrected chi connectivity index (χ3v) is 1.68. The molecule has 0 saturated heterocycles. The van der Waals surface area contributed by atoms with E-state index in [-0.39, 0.29) is 5.91 Å². The molecule has 0 aliphatic carbocycles. The number of nitrogen functional groups attached to an aromatic ring is 1. The van der Waals surface area contributed by atoms with Crippen molar-refractivity contribution < 1.29 is 4.79 Å². The van der Waals surface area contributed by atoms with Crippen LogP contribution in [-0.4, -0.2) is 17.4 Å². The summed E-state index contributed by atoms with van der Waals surface area (Å²) in [7, 11) is 0. The van der Waals surface area contributed by atoms with E-state index in [1.807, 2.05) is 24.3 Å². The summed E-state index contributed by atoms with van der Waals surface area (Å²) in [5.74, 6) is 5.78. The number of amides is 1. The highest BCUT2D eigenvalue weighted by Gasteiger charge is 1.91. The van der Waals surface area contributed by atoms with E-state index in [2.05, 4.69) is 15.7 Å².